The van der Waals surface area contributed by atoms with E-state index in [0.717, 1.165) is 6.04 Å². The average Bonchev–Trinajstić information content (AvgIpc) is 2.13. The van der Waals surface area contributed by atoms with E-state index < -0.39 is 8.07 Å². The summed E-state index contributed by atoms with van der Waals surface area (Å²) in [6.07, 6.45) is 1.59. The van der Waals surface area contributed by atoms with E-state index in [0.29, 0.717) is 6.61 Å². The zero-order valence-corrected chi connectivity index (χ0v) is 10.6. The van der Waals surface area contributed by atoms with Crippen LogP contribution < -0.4 is 5.56 Å². The molecule has 0 atom stereocenters. The van der Waals surface area contributed by atoms with Crippen LogP contribution in [0.5, 0.6) is 0 Å². The second-order valence-electron chi connectivity index (χ2n) is 4.71. The first-order valence-electron chi connectivity index (χ1n) is 5.09. The molecule has 5 heteroatoms. The Morgan fingerprint density at radius 1 is 1.47 bits per heavy atom. The Labute approximate surface area is 90.9 Å². The van der Waals surface area contributed by atoms with Gasteiger partial charge in [-0.15, -0.1) is 0 Å². The largest absolute Gasteiger partial charge is 0.359 e. The van der Waals surface area contributed by atoms with Gasteiger partial charge in [-0.2, -0.15) is 5.10 Å². The van der Waals surface area contributed by atoms with E-state index in [9.17, 15) is 4.79 Å². The van der Waals surface area contributed by atoms with Crippen molar-refractivity contribution < 1.29 is 4.74 Å². The first-order chi connectivity index (χ1) is 6.99. The SMILES string of the molecule is C[Si](C)(C)CCOCn1ncccc1=O. The molecule has 15 heavy (non-hydrogen) atoms. The van der Waals surface area contributed by atoms with E-state index in [-0.39, 0.29) is 12.3 Å². The van der Waals surface area contributed by atoms with Crippen LogP contribution in [0.2, 0.25) is 25.7 Å². The first-order valence-corrected chi connectivity index (χ1v) is 8.80. The molecule has 1 heterocycles. The molecule has 1 rings (SSSR count). The van der Waals surface area contributed by atoms with Gasteiger partial charge in [0.1, 0.15) is 6.73 Å². The van der Waals surface area contributed by atoms with Gasteiger partial charge in [0.2, 0.25) is 0 Å². The summed E-state index contributed by atoms with van der Waals surface area (Å²) in [5, 5.41) is 3.90. The number of nitrogens with zero attached hydrogens (tertiary/aromatic N) is 2. The molecule has 0 amide bonds. The zero-order chi connectivity index (χ0) is 11.3. The number of hydrogen-bond donors (Lipinski definition) is 0. The predicted octanol–water partition coefficient (Wildman–Crippen LogP) is 1.56. The van der Waals surface area contributed by atoms with Crippen LogP contribution >= 0.6 is 0 Å². The Hall–Kier alpha value is -0.943. The Balaban J connectivity index is 2.33. The van der Waals surface area contributed by atoms with Crippen molar-refractivity contribution in [3.8, 4) is 0 Å². The van der Waals surface area contributed by atoms with E-state index in [1.165, 1.54) is 10.7 Å². The van der Waals surface area contributed by atoms with E-state index in [1.807, 2.05) is 0 Å². The van der Waals surface area contributed by atoms with Crippen LogP contribution in [-0.2, 0) is 11.5 Å². The number of hydrogen-bond acceptors (Lipinski definition) is 3. The van der Waals surface area contributed by atoms with Gasteiger partial charge >= 0.3 is 0 Å². The highest BCUT2D eigenvalue weighted by atomic mass is 28.3. The molecule has 0 aliphatic rings. The molecule has 1 aromatic heterocycles. The molecule has 0 bridgehead atoms. The third-order valence-corrected chi connectivity index (χ3v) is 3.70. The fourth-order valence-electron chi connectivity index (χ4n) is 1.01. The first kappa shape index (κ1) is 12.1. The molecule has 0 saturated heterocycles. The normalized spacial score (nSPS) is 11.7. The minimum absolute atomic E-state index is 0.120. The van der Waals surface area contributed by atoms with E-state index in [2.05, 4.69) is 24.7 Å². The van der Waals surface area contributed by atoms with Crippen molar-refractivity contribution in [2.45, 2.75) is 32.4 Å². The number of ether oxygens (including phenoxy) is 1. The van der Waals surface area contributed by atoms with E-state index in [4.69, 9.17) is 4.74 Å². The van der Waals surface area contributed by atoms with Gasteiger partial charge in [-0.3, -0.25) is 4.79 Å². The molecule has 0 N–H and O–H groups in total. The molecule has 0 unspecified atom stereocenters. The molecule has 4 nitrogen and oxygen atoms in total. The fraction of sp³-hybridized carbons (Fsp3) is 0.600. The Morgan fingerprint density at radius 3 is 2.80 bits per heavy atom. The van der Waals surface area contributed by atoms with Crippen LogP contribution in [0, 0.1) is 0 Å². The smallest absolute Gasteiger partial charge is 0.268 e. The Bertz CT molecular complexity index is 357. The van der Waals surface area contributed by atoms with Gasteiger partial charge in [0.05, 0.1) is 0 Å². The van der Waals surface area contributed by atoms with Crippen molar-refractivity contribution in [3.63, 3.8) is 0 Å². The molecule has 0 fully saturated rings. The molecule has 0 aromatic carbocycles. The van der Waals surface area contributed by atoms with Crippen LogP contribution in [0.3, 0.4) is 0 Å². The average molecular weight is 226 g/mol. The van der Waals surface area contributed by atoms with Gasteiger partial charge in [-0.25, -0.2) is 4.68 Å². The van der Waals surface area contributed by atoms with Crippen molar-refractivity contribution in [2.75, 3.05) is 6.61 Å². The van der Waals surface area contributed by atoms with Crippen LogP contribution in [0.1, 0.15) is 0 Å². The lowest BCUT2D eigenvalue weighted by Gasteiger charge is -2.15. The van der Waals surface area contributed by atoms with Gasteiger partial charge in [-0.1, -0.05) is 19.6 Å². The highest BCUT2D eigenvalue weighted by molar-refractivity contribution is 6.76. The monoisotopic (exact) mass is 226 g/mol. The topological polar surface area (TPSA) is 44.1 Å². The maximum Gasteiger partial charge on any atom is 0.268 e. The summed E-state index contributed by atoms with van der Waals surface area (Å²) < 4.78 is 6.74. The second-order valence-corrected chi connectivity index (χ2v) is 10.3. The summed E-state index contributed by atoms with van der Waals surface area (Å²) in [5.41, 5.74) is -0.120. The third-order valence-electron chi connectivity index (χ3n) is 2.00. The van der Waals surface area contributed by atoms with E-state index in [1.54, 1.807) is 12.3 Å². The van der Waals surface area contributed by atoms with E-state index >= 15 is 0 Å². The maximum absolute atomic E-state index is 11.2. The molecule has 0 saturated carbocycles. The second kappa shape index (κ2) is 5.23. The standard InChI is InChI=1S/C10H18N2O2Si/c1-15(2,3)8-7-14-9-12-10(13)5-4-6-11-12/h4-6H,7-9H2,1-3H3. The van der Waals surface area contributed by atoms with Crippen LogP contribution in [0.15, 0.2) is 23.1 Å². The van der Waals surface area contributed by atoms with Crippen molar-refractivity contribution >= 4 is 8.07 Å². The maximum atomic E-state index is 11.2. The van der Waals surface area contributed by atoms with Gasteiger partial charge in [-0.05, 0) is 12.1 Å². The van der Waals surface area contributed by atoms with Gasteiger partial charge < -0.3 is 4.74 Å². The molecule has 0 aliphatic carbocycles. The summed E-state index contributed by atoms with van der Waals surface area (Å²) in [7, 11) is -1.04. The minimum atomic E-state index is -1.04. The summed E-state index contributed by atoms with van der Waals surface area (Å²) in [6, 6.07) is 4.21. The van der Waals surface area contributed by atoms with Crippen molar-refractivity contribution in [2.24, 2.45) is 0 Å². The highest BCUT2D eigenvalue weighted by Gasteiger charge is 2.11. The highest BCUT2D eigenvalue weighted by Crippen LogP contribution is 2.07. The van der Waals surface area contributed by atoms with Crippen LogP contribution in [0.4, 0.5) is 0 Å². The molecular weight excluding hydrogens is 208 g/mol. The lowest BCUT2D eigenvalue weighted by Crippen LogP contribution is -2.25. The van der Waals surface area contributed by atoms with Gasteiger partial charge in [0.25, 0.3) is 5.56 Å². The van der Waals surface area contributed by atoms with Crippen molar-refractivity contribution in [1.29, 1.82) is 0 Å². The van der Waals surface area contributed by atoms with Gasteiger partial charge in [0.15, 0.2) is 0 Å². The zero-order valence-electron chi connectivity index (χ0n) is 9.56. The summed E-state index contributed by atoms with van der Waals surface area (Å²) in [5.74, 6) is 0. The van der Waals surface area contributed by atoms with Crippen molar-refractivity contribution in [1.82, 2.24) is 9.78 Å². The number of rotatable bonds is 5. The molecule has 84 valence electrons. The molecule has 1 aromatic rings. The quantitative estimate of drug-likeness (QED) is 0.565. The third kappa shape index (κ3) is 4.90. The van der Waals surface area contributed by atoms with Gasteiger partial charge in [0, 0.05) is 26.9 Å². The summed E-state index contributed by atoms with van der Waals surface area (Å²) >= 11 is 0. The Kier molecular flexibility index (Phi) is 4.23. The molecule has 0 aliphatic heterocycles. The van der Waals surface area contributed by atoms with Crippen LogP contribution in [0.25, 0.3) is 0 Å². The predicted molar refractivity (Wildman–Crippen MR) is 62.6 cm³/mol. The fourth-order valence-corrected chi connectivity index (χ4v) is 1.77. The van der Waals surface area contributed by atoms with Crippen molar-refractivity contribution in [3.05, 3.63) is 28.7 Å². The molecule has 0 radical (unpaired) electrons. The molecular formula is C10H18N2O2Si. The Morgan fingerprint density at radius 2 is 2.20 bits per heavy atom. The minimum Gasteiger partial charge on any atom is -0.359 e. The summed E-state index contributed by atoms with van der Waals surface area (Å²) in [4.78, 5) is 11.2. The van der Waals surface area contributed by atoms with Crippen LogP contribution in [-0.4, -0.2) is 24.5 Å². The lowest BCUT2D eigenvalue weighted by atomic mass is 10.6. The molecule has 0 spiro atoms. The lowest BCUT2D eigenvalue weighted by molar-refractivity contribution is 0.0749. The number of aromatic nitrogens is 2. The summed E-state index contributed by atoms with van der Waals surface area (Å²) in [6.45, 7) is 7.85.